The topological polar surface area (TPSA) is 67.2 Å². The molecule has 1 fully saturated rings. The highest BCUT2D eigenvalue weighted by Gasteiger charge is 2.38. The molecule has 0 unspecified atom stereocenters. The van der Waals surface area contributed by atoms with Crippen LogP contribution in [0.1, 0.15) is 31.5 Å². The van der Waals surface area contributed by atoms with E-state index in [1.807, 2.05) is 0 Å². The average molecular weight is 382 g/mol. The van der Waals surface area contributed by atoms with Crippen LogP contribution in [0.3, 0.4) is 0 Å². The number of nitrogens with zero attached hydrogens (tertiary/aromatic N) is 3. The van der Waals surface area contributed by atoms with Crippen molar-refractivity contribution in [2.45, 2.75) is 32.0 Å². The van der Waals surface area contributed by atoms with E-state index in [-0.39, 0.29) is 11.0 Å². The van der Waals surface area contributed by atoms with Gasteiger partial charge in [-0.25, -0.2) is 4.98 Å². The minimum Gasteiger partial charge on any atom is -0.353 e. The molecule has 2 aromatic rings. The Labute approximate surface area is 154 Å². The molecule has 146 valence electrons. The highest BCUT2D eigenvalue weighted by molar-refractivity contribution is 5.83. The Morgan fingerprint density at radius 1 is 1.26 bits per heavy atom. The van der Waals surface area contributed by atoms with E-state index in [1.54, 1.807) is 6.07 Å². The number of alkyl halides is 3. The zero-order chi connectivity index (χ0) is 19.6. The number of halogens is 3. The van der Waals surface area contributed by atoms with E-state index >= 15 is 0 Å². The number of rotatable bonds is 5. The van der Waals surface area contributed by atoms with Crippen molar-refractivity contribution < 1.29 is 18.0 Å². The fourth-order valence-electron chi connectivity index (χ4n) is 3.33. The number of benzene rings is 1. The summed E-state index contributed by atoms with van der Waals surface area (Å²) in [5.41, 5.74) is -2.62. The molecule has 1 N–H and O–H groups in total. The lowest BCUT2D eigenvalue weighted by Crippen LogP contribution is -2.41. The van der Waals surface area contributed by atoms with E-state index in [1.165, 1.54) is 25.1 Å². The van der Waals surface area contributed by atoms with Crippen LogP contribution in [0.5, 0.6) is 0 Å². The second kappa shape index (κ2) is 7.67. The van der Waals surface area contributed by atoms with Crippen molar-refractivity contribution in [3.63, 3.8) is 0 Å². The van der Waals surface area contributed by atoms with Crippen LogP contribution in [0.25, 0.3) is 11.0 Å². The molecule has 1 saturated heterocycles. The summed E-state index contributed by atoms with van der Waals surface area (Å²) in [5, 5.41) is 2.72. The van der Waals surface area contributed by atoms with Crippen LogP contribution in [0, 0.1) is 0 Å². The maximum absolute atomic E-state index is 13.2. The van der Waals surface area contributed by atoms with Crippen LogP contribution >= 0.6 is 0 Å². The summed E-state index contributed by atoms with van der Waals surface area (Å²) in [5.74, 6) is -0.499. The lowest BCUT2D eigenvalue weighted by atomic mass is 10.2. The minimum absolute atomic E-state index is 0.0149. The summed E-state index contributed by atoms with van der Waals surface area (Å²) in [4.78, 5) is 30.6. The first-order chi connectivity index (χ1) is 12.8. The second-order valence-electron chi connectivity index (χ2n) is 6.64. The molecular formula is C18H21F3N4O2. The standard InChI is InChI=1S/C18H21F3N4O2/c1-12(16(26)22-8-11-24-9-4-5-10-24)25-14-7-3-2-6-13(14)23-15(17(25)27)18(19,20)21/h2-3,6-7,12H,4-5,8-11H2,1H3,(H,22,26)/t12-/m1/s1. The van der Waals surface area contributed by atoms with Crippen molar-refractivity contribution in [2.75, 3.05) is 26.2 Å². The quantitative estimate of drug-likeness (QED) is 0.861. The lowest BCUT2D eigenvalue weighted by molar-refractivity contribution is -0.142. The molecule has 1 aliphatic heterocycles. The molecule has 1 aliphatic rings. The number of carbonyl (C=O) groups is 1. The number of hydrogen-bond donors (Lipinski definition) is 1. The van der Waals surface area contributed by atoms with Gasteiger partial charge >= 0.3 is 6.18 Å². The lowest BCUT2D eigenvalue weighted by Gasteiger charge is -2.20. The molecule has 1 aromatic heterocycles. The van der Waals surface area contributed by atoms with Crippen LogP contribution < -0.4 is 10.9 Å². The van der Waals surface area contributed by atoms with Crippen LogP contribution in [0.2, 0.25) is 0 Å². The van der Waals surface area contributed by atoms with Crippen molar-refractivity contribution >= 4 is 16.9 Å². The van der Waals surface area contributed by atoms with Crippen molar-refractivity contribution in [1.82, 2.24) is 19.8 Å². The van der Waals surface area contributed by atoms with Crippen LogP contribution in [0.4, 0.5) is 13.2 Å². The Kier molecular flexibility index (Phi) is 5.50. The second-order valence-corrected chi connectivity index (χ2v) is 6.64. The van der Waals surface area contributed by atoms with Gasteiger partial charge in [-0.05, 0) is 45.0 Å². The van der Waals surface area contributed by atoms with Gasteiger partial charge in [0.05, 0.1) is 11.0 Å². The maximum Gasteiger partial charge on any atom is 0.438 e. The van der Waals surface area contributed by atoms with Gasteiger partial charge in [-0.3, -0.25) is 14.2 Å². The molecule has 0 bridgehead atoms. The normalized spacial score (nSPS) is 16.6. The third-order valence-electron chi connectivity index (χ3n) is 4.76. The van der Waals surface area contributed by atoms with Crippen molar-refractivity contribution in [3.05, 3.63) is 40.3 Å². The third-order valence-corrected chi connectivity index (χ3v) is 4.76. The van der Waals surface area contributed by atoms with E-state index < -0.39 is 29.4 Å². The third kappa shape index (κ3) is 4.13. The van der Waals surface area contributed by atoms with Gasteiger partial charge < -0.3 is 10.2 Å². The molecule has 0 saturated carbocycles. The van der Waals surface area contributed by atoms with Gasteiger partial charge in [-0.15, -0.1) is 0 Å². The Morgan fingerprint density at radius 2 is 1.93 bits per heavy atom. The largest absolute Gasteiger partial charge is 0.438 e. The summed E-state index contributed by atoms with van der Waals surface area (Å²) >= 11 is 0. The Bertz CT molecular complexity index is 888. The molecule has 1 aromatic carbocycles. The number of amides is 1. The van der Waals surface area contributed by atoms with E-state index in [4.69, 9.17) is 0 Å². The fraction of sp³-hybridized carbons (Fsp3) is 0.500. The Hall–Kier alpha value is -2.42. The fourth-order valence-corrected chi connectivity index (χ4v) is 3.33. The van der Waals surface area contributed by atoms with Crippen molar-refractivity contribution in [3.8, 4) is 0 Å². The van der Waals surface area contributed by atoms with Crippen LogP contribution in [0.15, 0.2) is 29.1 Å². The maximum atomic E-state index is 13.2. The van der Waals surface area contributed by atoms with E-state index in [0.717, 1.165) is 30.5 Å². The first kappa shape index (κ1) is 19.3. The molecule has 1 atom stereocenters. The van der Waals surface area contributed by atoms with Crippen LogP contribution in [-0.4, -0.2) is 46.5 Å². The zero-order valence-corrected chi connectivity index (χ0v) is 14.9. The van der Waals surface area contributed by atoms with Crippen molar-refractivity contribution in [1.29, 1.82) is 0 Å². The summed E-state index contributed by atoms with van der Waals surface area (Å²) < 4.78 is 40.5. The van der Waals surface area contributed by atoms with Gasteiger partial charge in [0.15, 0.2) is 0 Å². The first-order valence-corrected chi connectivity index (χ1v) is 8.87. The van der Waals surface area contributed by atoms with E-state index in [9.17, 15) is 22.8 Å². The van der Waals surface area contributed by atoms with Gasteiger partial charge in [0.1, 0.15) is 6.04 Å². The minimum atomic E-state index is -4.89. The molecule has 0 aliphatic carbocycles. The number of fused-ring (bicyclic) bond motifs is 1. The monoisotopic (exact) mass is 382 g/mol. The summed E-state index contributed by atoms with van der Waals surface area (Å²) in [6.45, 7) is 4.44. The van der Waals surface area contributed by atoms with Gasteiger partial charge in [-0.2, -0.15) is 13.2 Å². The molecule has 0 radical (unpaired) electrons. The van der Waals surface area contributed by atoms with Gasteiger partial charge in [-0.1, -0.05) is 12.1 Å². The number of aromatic nitrogens is 2. The van der Waals surface area contributed by atoms with Gasteiger partial charge in [0.25, 0.3) is 5.56 Å². The predicted molar refractivity (Wildman–Crippen MR) is 94.4 cm³/mol. The molecule has 3 rings (SSSR count). The summed E-state index contributed by atoms with van der Waals surface area (Å²) in [6.07, 6.45) is -2.64. The van der Waals surface area contributed by atoms with Crippen molar-refractivity contribution in [2.24, 2.45) is 0 Å². The van der Waals surface area contributed by atoms with E-state index in [0.29, 0.717) is 13.1 Å². The predicted octanol–water partition coefficient (Wildman–Crippen LogP) is 2.19. The number of para-hydroxylation sites is 2. The highest BCUT2D eigenvalue weighted by atomic mass is 19.4. The molecular weight excluding hydrogens is 361 g/mol. The van der Waals surface area contributed by atoms with Gasteiger partial charge in [0, 0.05) is 13.1 Å². The number of nitrogens with one attached hydrogen (secondary N) is 1. The van der Waals surface area contributed by atoms with E-state index in [2.05, 4.69) is 15.2 Å². The molecule has 9 heteroatoms. The Morgan fingerprint density at radius 3 is 2.59 bits per heavy atom. The SMILES string of the molecule is C[C@H](C(=O)NCCN1CCCC1)n1c(=O)c(C(F)(F)F)nc2ccccc21. The highest BCUT2D eigenvalue weighted by Crippen LogP contribution is 2.27. The molecule has 6 nitrogen and oxygen atoms in total. The smallest absolute Gasteiger partial charge is 0.353 e. The number of carbonyl (C=O) groups excluding carboxylic acids is 1. The molecule has 1 amide bonds. The molecule has 0 spiro atoms. The summed E-state index contributed by atoms with van der Waals surface area (Å²) in [7, 11) is 0. The number of hydrogen-bond acceptors (Lipinski definition) is 4. The zero-order valence-electron chi connectivity index (χ0n) is 14.9. The number of likely N-dealkylation sites (tertiary alicyclic amines) is 1. The Balaban J connectivity index is 1.88. The average Bonchev–Trinajstić information content (AvgIpc) is 3.13. The molecule has 27 heavy (non-hydrogen) atoms. The van der Waals surface area contributed by atoms with Crippen LogP contribution in [-0.2, 0) is 11.0 Å². The molecule has 2 heterocycles. The van der Waals surface area contributed by atoms with Gasteiger partial charge in [0.2, 0.25) is 11.6 Å². The first-order valence-electron chi connectivity index (χ1n) is 8.87. The summed E-state index contributed by atoms with van der Waals surface area (Å²) in [6, 6.07) is 4.90.